The highest BCUT2D eigenvalue weighted by molar-refractivity contribution is 7.71. The van der Waals surface area contributed by atoms with Gasteiger partial charge in [0.25, 0.3) is 11.2 Å². The maximum Gasteiger partial charge on any atom is 0.270 e. The molecule has 150 valence electrons. The van der Waals surface area contributed by atoms with E-state index in [1.54, 1.807) is 13.0 Å². The van der Waals surface area contributed by atoms with Crippen molar-refractivity contribution in [1.29, 1.82) is 0 Å². The van der Waals surface area contributed by atoms with Crippen molar-refractivity contribution in [2.45, 2.75) is 6.92 Å². The van der Waals surface area contributed by atoms with E-state index >= 15 is 0 Å². The number of aromatic hydroxyl groups is 1. The summed E-state index contributed by atoms with van der Waals surface area (Å²) in [5.74, 6) is -1.21. The molecule has 0 atom stereocenters. The van der Waals surface area contributed by atoms with Gasteiger partial charge in [0.1, 0.15) is 11.4 Å². The summed E-state index contributed by atoms with van der Waals surface area (Å²) in [6.07, 6.45) is 1.36. The van der Waals surface area contributed by atoms with E-state index in [4.69, 9.17) is 12.2 Å². The van der Waals surface area contributed by atoms with E-state index in [1.165, 1.54) is 42.5 Å². The van der Waals surface area contributed by atoms with Crippen LogP contribution >= 0.6 is 12.2 Å². The number of nitrogens with zero attached hydrogens (tertiary/aromatic N) is 3. The third kappa shape index (κ3) is 3.12. The largest absolute Gasteiger partial charge is 0.494 e. The van der Waals surface area contributed by atoms with Crippen molar-refractivity contribution < 1.29 is 14.4 Å². The Labute approximate surface area is 173 Å². The lowest BCUT2D eigenvalue weighted by atomic mass is 10.0. The zero-order valence-corrected chi connectivity index (χ0v) is 16.2. The van der Waals surface area contributed by atoms with E-state index in [9.17, 15) is 24.4 Å². The Hall–Kier alpha value is -3.92. The summed E-state index contributed by atoms with van der Waals surface area (Å²) in [6, 6.07) is 9.83. The number of nitro groups is 1. The van der Waals surface area contributed by atoms with E-state index in [0.29, 0.717) is 22.5 Å². The normalized spacial score (nSPS) is 13.9. The van der Waals surface area contributed by atoms with Crippen molar-refractivity contribution in [1.82, 2.24) is 9.55 Å². The highest BCUT2D eigenvalue weighted by atomic mass is 32.1. The van der Waals surface area contributed by atoms with Gasteiger partial charge in [0.05, 0.1) is 16.3 Å². The molecule has 2 N–H and O–H groups in total. The number of rotatable bonds is 3. The average Bonchev–Trinajstić information content (AvgIpc) is 3.00. The van der Waals surface area contributed by atoms with Gasteiger partial charge in [0.2, 0.25) is 5.88 Å². The highest BCUT2D eigenvalue weighted by Gasteiger charge is 2.23. The number of aromatic nitrogens is 2. The minimum Gasteiger partial charge on any atom is -0.494 e. The second-order valence-electron chi connectivity index (χ2n) is 6.50. The number of aromatic amines is 1. The first kappa shape index (κ1) is 19.4. The fourth-order valence-corrected chi connectivity index (χ4v) is 3.52. The maximum absolute atomic E-state index is 14.3. The summed E-state index contributed by atoms with van der Waals surface area (Å²) < 4.78 is 15.1. The molecule has 4 rings (SSSR count). The first-order valence-corrected chi connectivity index (χ1v) is 9.08. The Morgan fingerprint density at radius 3 is 2.73 bits per heavy atom. The molecule has 0 radical (unpaired) electrons. The minimum absolute atomic E-state index is 0.0382. The van der Waals surface area contributed by atoms with Crippen LogP contribution in [0.3, 0.4) is 0 Å². The van der Waals surface area contributed by atoms with Crippen LogP contribution in [0.2, 0.25) is 0 Å². The fraction of sp³-hybridized carbons (Fsp3) is 0.0500. The van der Waals surface area contributed by atoms with Crippen molar-refractivity contribution in [2.75, 3.05) is 0 Å². The Morgan fingerprint density at radius 2 is 2.03 bits per heavy atom. The molecule has 2 heterocycles. The van der Waals surface area contributed by atoms with E-state index in [0.717, 1.165) is 4.57 Å². The van der Waals surface area contributed by atoms with Gasteiger partial charge in [0.15, 0.2) is 4.77 Å². The van der Waals surface area contributed by atoms with Crippen molar-refractivity contribution >= 4 is 41.0 Å². The fourth-order valence-electron chi connectivity index (χ4n) is 3.24. The number of hydrogen-bond acceptors (Lipinski definition) is 6. The Balaban J connectivity index is 1.96. The van der Waals surface area contributed by atoms with Crippen molar-refractivity contribution in [3.8, 4) is 11.6 Å². The molecule has 0 saturated carbocycles. The maximum atomic E-state index is 14.3. The lowest BCUT2D eigenvalue weighted by Gasteiger charge is -2.12. The van der Waals surface area contributed by atoms with Gasteiger partial charge < -0.3 is 5.11 Å². The molecule has 0 amide bonds. The van der Waals surface area contributed by atoms with E-state index in [1.807, 2.05) is 0 Å². The lowest BCUT2D eigenvalue weighted by molar-refractivity contribution is -0.384. The Bertz CT molecular complexity index is 1400. The molecule has 10 heteroatoms. The van der Waals surface area contributed by atoms with Crippen LogP contribution in [0.1, 0.15) is 18.1 Å². The number of non-ortho nitro benzene ring substituents is 1. The number of allylic oxidation sites excluding steroid dienone is 1. The van der Waals surface area contributed by atoms with Crippen LogP contribution < -0.4 is 5.56 Å². The summed E-state index contributed by atoms with van der Waals surface area (Å²) >= 11 is 5.10. The van der Waals surface area contributed by atoms with Crippen LogP contribution in [0.5, 0.6) is 5.88 Å². The van der Waals surface area contributed by atoms with Crippen LogP contribution in [0.15, 0.2) is 52.3 Å². The average molecular weight is 424 g/mol. The molecule has 0 spiro atoms. The Morgan fingerprint density at radius 1 is 1.30 bits per heavy atom. The van der Waals surface area contributed by atoms with Gasteiger partial charge in [0, 0.05) is 29.0 Å². The molecule has 30 heavy (non-hydrogen) atoms. The number of H-pyrrole nitrogens is 1. The predicted molar refractivity (Wildman–Crippen MR) is 113 cm³/mol. The molecule has 1 aliphatic rings. The summed E-state index contributed by atoms with van der Waals surface area (Å²) in [5, 5.41) is 21.9. The first-order chi connectivity index (χ1) is 14.3. The zero-order valence-electron chi connectivity index (χ0n) is 15.4. The van der Waals surface area contributed by atoms with E-state index in [2.05, 4.69) is 9.98 Å². The quantitative estimate of drug-likeness (QED) is 0.370. The van der Waals surface area contributed by atoms with Crippen molar-refractivity contribution in [3.05, 3.63) is 84.6 Å². The molecule has 0 aliphatic carbocycles. The second kappa shape index (κ2) is 7.16. The number of nitro benzene ring substituents is 1. The van der Waals surface area contributed by atoms with Gasteiger partial charge >= 0.3 is 0 Å². The van der Waals surface area contributed by atoms with Crippen LogP contribution in [0.4, 0.5) is 15.8 Å². The van der Waals surface area contributed by atoms with E-state index in [-0.39, 0.29) is 21.7 Å². The number of nitrogens with one attached hydrogen (secondary N) is 1. The number of hydrogen-bond donors (Lipinski definition) is 2. The molecule has 0 bridgehead atoms. The number of fused-ring (bicyclic) bond motifs is 1. The van der Waals surface area contributed by atoms with Gasteiger partial charge in [-0.05, 0) is 43.4 Å². The molecular formula is C20H13FN4O4S. The molecule has 0 saturated heterocycles. The molecule has 1 aromatic heterocycles. The van der Waals surface area contributed by atoms with Gasteiger partial charge in [-0.1, -0.05) is 12.1 Å². The summed E-state index contributed by atoms with van der Waals surface area (Å²) in [6.45, 7) is 1.68. The Kier molecular flexibility index (Phi) is 4.63. The van der Waals surface area contributed by atoms with Crippen LogP contribution in [0.25, 0.3) is 17.3 Å². The van der Waals surface area contributed by atoms with Gasteiger partial charge in [-0.25, -0.2) is 4.39 Å². The van der Waals surface area contributed by atoms with Gasteiger partial charge in [-0.2, -0.15) is 0 Å². The predicted octanol–water partition coefficient (Wildman–Crippen LogP) is 4.29. The SMILES string of the molecule is CC1=Nc2ccc([N+](=O)[O-])cc2/C1=C/c1c(O)n(-c2ccccc2F)c(=S)[nH]c1=O. The van der Waals surface area contributed by atoms with Crippen molar-refractivity contribution in [3.63, 3.8) is 0 Å². The number of benzene rings is 2. The summed E-state index contributed by atoms with van der Waals surface area (Å²) in [5.41, 5.74) is 0.826. The lowest BCUT2D eigenvalue weighted by Crippen LogP contribution is -2.17. The van der Waals surface area contributed by atoms with Crippen LogP contribution in [-0.2, 0) is 0 Å². The smallest absolute Gasteiger partial charge is 0.270 e. The highest BCUT2D eigenvalue weighted by Crippen LogP contribution is 2.38. The standard InChI is InChI=1S/C20H13FN4O4S/c1-10-12(13-8-11(25(28)29)6-7-16(13)22-10)9-14-18(26)23-20(30)24(19(14)27)17-5-3-2-4-15(17)21/h2-9,27H,1H3,(H,23,26,30)/b12-9+. The second-order valence-corrected chi connectivity index (χ2v) is 6.88. The molecule has 1 aliphatic heterocycles. The van der Waals surface area contributed by atoms with Crippen LogP contribution in [-0.4, -0.2) is 25.3 Å². The van der Waals surface area contributed by atoms with Crippen LogP contribution in [0, 0.1) is 20.7 Å². The topological polar surface area (TPSA) is 114 Å². The third-order valence-corrected chi connectivity index (χ3v) is 4.95. The molecule has 3 aromatic rings. The van der Waals surface area contributed by atoms with E-state index < -0.39 is 22.2 Å². The number of para-hydroxylation sites is 1. The zero-order chi connectivity index (χ0) is 21.6. The van der Waals surface area contributed by atoms with Gasteiger partial charge in [-0.3, -0.25) is 29.5 Å². The summed E-state index contributed by atoms with van der Waals surface area (Å²) in [7, 11) is 0. The summed E-state index contributed by atoms with van der Waals surface area (Å²) in [4.78, 5) is 29.9. The van der Waals surface area contributed by atoms with Crippen molar-refractivity contribution in [2.24, 2.45) is 4.99 Å². The molecule has 0 fully saturated rings. The monoisotopic (exact) mass is 424 g/mol. The third-order valence-electron chi connectivity index (χ3n) is 4.66. The first-order valence-electron chi connectivity index (χ1n) is 8.67. The minimum atomic E-state index is -0.690. The molecule has 2 aromatic carbocycles. The number of halogens is 1. The molecular weight excluding hydrogens is 411 g/mol. The molecule has 0 unspecified atom stereocenters. The van der Waals surface area contributed by atoms with Gasteiger partial charge in [-0.15, -0.1) is 0 Å². The number of aliphatic imine (C=N–C) groups is 1. The molecule has 8 nitrogen and oxygen atoms in total.